The molecule has 0 N–H and O–H groups in total. The molecule has 0 bridgehead atoms. The third kappa shape index (κ3) is 1.59. The van der Waals surface area contributed by atoms with Crippen molar-refractivity contribution in [3.8, 4) is 16.8 Å². The van der Waals surface area contributed by atoms with Crippen molar-refractivity contribution in [2.24, 2.45) is 0 Å². The van der Waals surface area contributed by atoms with E-state index in [0.29, 0.717) is 11.2 Å². The molecule has 0 fully saturated rings. The summed E-state index contributed by atoms with van der Waals surface area (Å²) < 4.78 is 1.91. The van der Waals surface area contributed by atoms with E-state index >= 15 is 0 Å². The quantitative estimate of drug-likeness (QED) is 0.671. The maximum Gasteiger partial charge on any atom is 0.178 e. The average molecular weight is 254 g/mol. The highest BCUT2D eigenvalue weighted by Gasteiger charge is 2.11. The third-order valence-electron chi connectivity index (χ3n) is 2.93. The van der Waals surface area contributed by atoms with Gasteiger partial charge in [-0.25, -0.2) is 0 Å². The van der Waals surface area contributed by atoms with Crippen LogP contribution in [0.5, 0.6) is 0 Å². The van der Waals surface area contributed by atoms with Crippen molar-refractivity contribution in [2.45, 2.75) is 13.8 Å². The van der Waals surface area contributed by atoms with Crippen LogP contribution in [0.4, 0.5) is 0 Å². The molecule has 0 aromatic carbocycles. The normalized spacial score (nSPS) is 10.7. The van der Waals surface area contributed by atoms with Gasteiger partial charge in [-0.15, -0.1) is 21.5 Å². The molecular weight excluding hydrogens is 244 g/mol. The molecule has 18 heavy (non-hydrogen) atoms. The number of hydrogen-bond donors (Lipinski definition) is 0. The van der Waals surface area contributed by atoms with Gasteiger partial charge in [0.1, 0.15) is 0 Å². The lowest BCUT2D eigenvalue weighted by Gasteiger charge is -1.96. The third-order valence-corrected chi connectivity index (χ3v) is 4.07. The zero-order valence-corrected chi connectivity index (χ0v) is 10.8. The first-order chi connectivity index (χ1) is 8.69. The van der Waals surface area contributed by atoms with Crippen LogP contribution in [0.3, 0.4) is 0 Å². The Morgan fingerprint density at radius 1 is 1.28 bits per heavy atom. The molecule has 4 nitrogen and oxygen atoms in total. The van der Waals surface area contributed by atoms with Crippen LogP contribution in [0, 0.1) is 25.2 Å². The second-order valence-electron chi connectivity index (χ2n) is 4.13. The summed E-state index contributed by atoms with van der Waals surface area (Å²) in [7, 11) is 0. The Bertz CT molecular complexity index is 756. The Kier molecular flexibility index (Phi) is 2.39. The molecule has 3 heterocycles. The van der Waals surface area contributed by atoms with Crippen LogP contribution in [0.2, 0.25) is 0 Å². The number of fused-ring (bicyclic) bond motifs is 1. The van der Waals surface area contributed by atoms with Crippen LogP contribution in [0.15, 0.2) is 24.4 Å². The standard InChI is InChI=1S/C13H10N4S/c1-8-5-11(18-9(8)2)13-16-15-12-6-10(7-14)3-4-17(12)13/h3-6H,1-2H3. The van der Waals surface area contributed by atoms with Crippen molar-refractivity contribution < 1.29 is 0 Å². The van der Waals surface area contributed by atoms with Gasteiger partial charge in [-0.05, 0) is 31.5 Å². The molecule has 0 spiro atoms. The molecule has 0 radical (unpaired) electrons. The van der Waals surface area contributed by atoms with Crippen molar-refractivity contribution in [1.82, 2.24) is 14.6 Å². The fourth-order valence-electron chi connectivity index (χ4n) is 1.81. The van der Waals surface area contributed by atoms with Crippen LogP contribution < -0.4 is 0 Å². The minimum atomic E-state index is 0.597. The van der Waals surface area contributed by atoms with Crippen molar-refractivity contribution in [3.63, 3.8) is 0 Å². The fourth-order valence-corrected chi connectivity index (χ4v) is 2.83. The number of nitriles is 1. The summed E-state index contributed by atoms with van der Waals surface area (Å²) in [5.74, 6) is 0.829. The number of hydrogen-bond acceptors (Lipinski definition) is 4. The van der Waals surface area contributed by atoms with Gasteiger partial charge in [0, 0.05) is 17.1 Å². The van der Waals surface area contributed by atoms with E-state index in [1.807, 2.05) is 10.6 Å². The SMILES string of the molecule is Cc1cc(-c2nnc3cc(C#N)ccn23)sc1C. The smallest absolute Gasteiger partial charge is 0.178 e. The van der Waals surface area contributed by atoms with Crippen molar-refractivity contribution >= 4 is 17.0 Å². The number of pyridine rings is 1. The van der Waals surface area contributed by atoms with Gasteiger partial charge in [-0.3, -0.25) is 4.40 Å². The highest BCUT2D eigenvalue weighted by Crippen LogP contribution is 2.29. The van der Waals surface area contributed by atoms with E-state index < -0.39 is 0 Å². The van der Waals surface area contributed by atoms with Crippen LogP contribution in [-0.2, 0) is 0 Å². The predicted octanol–water partition coefficient (Wildman–Crippen LogP) is 2.95. The summed E-state index contributed by atoms with van der Waals surface area (Å²) >= 11 is 1.71. The molecule has 0 aliphatic carbocycles. The van der Waals surface area contributed by atoms with Crippen LogP contribution >= 0.6 is 11.3 Å². The summed E-state index contributed by atoms with van der Waals surface area (Å²) in [6.07, 6.45) is 1.84. The van der Waals surface area contributed by atoms with Gasteiger partial charge in [0.15, 0.2) is 11.5 Å². The van der Waals surface area contributed by atoms with Gasteiger partial charge in [-0.2, -0.15) is 5.26 Å². The Hall–Kier alpha value is -2.19. The number of aromatic nitrogens is 3. The molecule has 0 saturated heterocycles. The van der Waals surface area contributed by atoms with Gasteiger partial charge in [-0.1, -0.05) is 0 Å². The van der Waals surface area contributed by atoms with Gasteiger partial charge < -0.3 is 0 Å². The molecule has 0 aliphatic heterocycles. The Labute approximate surface area is 108 Å². The first-order valence-electron chi connectivity index (χ1n) is 5.51. The van der Waals surface area contributed by atoms with Crippen LogP contribution in [0.1, 0.15) is 16.0 Å². The predicted molar refractivity (Wildman–Crippen MR) is 70.5 cm³/mol. The van der Waals surface area contributed by atoms with Crippen LogP contribution in [-0.4, -0.2) is 14.6 Å². The molecule has 0 amide bonds. The van der Waals surface area contributed by atoms with E-state index in [-0.39, 0.29) is 0 Å². The largest absolute Gasteiger partial charge is 0.282 e. The topological polar surface area (TPSA) is 54.0 Å². The molecule has 3 rings (SSSR count). The zero-order valence-electron chi connectivity index (χ0n) is 10.0. The molecular formula is C13H10N4S. The molecule has 5 heteroatoms. The number of rotatable bonds is 1. The fraction of sp³-hybridized carbons (Fsp3) is 0.154. The van der Waals surface area contributed by atoms with Crippen molar-refractivity contribution in [1.29, 1.82) is 5.26 Å². The van der Waals surface area contributed by atoms with Gasteiger partial charge >= 0.3 is 0 Å². The van der Waals surface area contributed by atoms with Gasteiger partial charge in [0.25, 0.3) is 0 Å². The summed E-state index contributed by atoms with van der Waals surface area (Å²) in [4.78, 5) is 2.39. The molecule has 88 valence electrons. The summed E-state index contributed by atoms with van der Waals surface area (Å²) in [5, 5.41) is 17.2. The first kappa shape index (κ1) is 10.9. The first-order valence-corrected chi connectivity index (χ1v) is 6.33. The minimum Gasteiger partial charge on any atom is -0.282 e. The highest BCUT2D eigenvalue weighted by molar-refractivity contribution is 7.15. The molecule has 3 aromatic heterocycles. The summed E-state index contributed by atoms with van der Waals surface area (Å²) in [5.41, 5.74) is 2.56. The maximum atomic E-state index is 8.86. The molecule has 0 atom stereocenters. The Morgan fingerprint density at radius 3 is 2.78 bits per heavy atom. The van der Waals surface area contributed by atoms with Crippen LogP contribution in [0.25, 0.3) is 16.3 Å². The minimum absolute atomic E-state index is 0.597. The summed E-state index contributed by atoms with van der Waals surface area (Å²) in [6.45, 7) is 4.19. The van der Waals surface area contributed by atoms with Crippen molar-refractivity contribution in [2.75, 3.05) is 0 Å². The van der Waals surface area contributed by atoms with E-state index in [1.54, 1.807) is 23.5 Å². The second-order valence-corrected chi connectivity index (χ2v) is 5.39. The lowest BCUT2D eigenvalue weighted by Crippen LogP contribution is -1.88. The molecule has 0 aliphatic rings. The molecule has 3 aromatic rings. The van der Waals surface area contributed by atoms with Crippen molar-refractivity contribution in [3.05, 3.63) is 40.4 Å². The van der Waals surface area contributed by atoms with E-state index in [4.69, 9.17) is 5.26 Å². The lowest BCUT2D eigenvalue weighted by atomic mass is 10.2. The number of nitrogens with zero attached hydrogens (tertiary/aromatic N) is 4. The molecule has 0 saturated carbocycles. The van der Waals surface area contributed by atoms with Gasteiger partial charge in [0.2, 0.25) is 0 Å². The number of aryl methyl sites for hydroxylation is 2. The Morgan fingerprint density at radius 2 is 2.11 bits per heavy atom. The summed E-state index contributed by atoms with van der Waals surface area (Å²) in [6, 6.07) is 7.73. The maximum absolute atomic E-state index is 8.86. The van der Waals surface area contributed by atoms with E-state index in [2.05, 4.69) is 36.2 Å². The Balaban J connectivity index is 2.22. The number of thiophene rings is 1. The highest BCUT2D eigenvalue weighted by atomic mass is 32.1. The zero-order chi connectivity index (χ0) is 12.7. The van der Waals surface area contributed by atoms with E-state index in [0.717, 1.165) is 10.7 Å². The molecule has 0 unspecified atom stereocenters. The lowest BCUT2D eigenvalue weighted by molar-refractivity contribution is 1.12. The average Bonchev–Trinajstić information content (AvgIpc) is 2.93. The second kappa shape index (κ2) is 3.93. The van der Waals surface area contributed by atoms with Gasteiger partial charge in [0.05, 0.1) is 16.5 Å². The van der Waals surface area contributed by atoms with E-state index in [1.165, 1.54) is 10.4 Å². The van der Waals surface area contributed by atoms with E-state index in [9.17, 15) is 0 Å². The monoisotopic (exact) mass is 254 g/mol.